The Morgan fingerprint density at radius 2 is 1.90 bits per heavy atom. The van der Waals surface area contributed by atoms with Crippen molar-refractivity contribution >= 4 is 17.3 Å². The van der Waals surface area contributed by atoms with Gasteiger partial charge in [-0.2, -0.15) is 0 Å². The van der Waals surface area contributed by atoms with E-state index in [2.05, 4.69) is 58.4 Å². The van der Waals surface area contributed by atoms with Crippen LogP contribution in [-0.4, -0.2) is 55.7 Å². The molecule has 0 aliphatic rings. The van der Waals surface area contributed by atoms with Crippen molar-refractivity contribution in [2.45, 2.75) is 40.2 Å². The molecule has 2 N–H and O–H groups in total. The number of likely N-dealkylation sites (N-methyl/N-ethyl adjacent to an activating group) is 1. The van der Waals surface area contributed by atoms with Crippen LogP contribution < -0.4 is 15.4 Å². The minimum Gasteiger partial charge on any atom is -0.492 e. The van der Waals surface area contributed by atoms with E-state index in [0.717, 1.165) is 57.3 Å². The van der Waals surface area contributed by atoms with Gasteiger partial charge in [-0.1, -0.05) is 32.9 Å². The fourth-order valence-corrected chi connectivity index (χ4v) is 3.72. The van der Waals surface area contributed by atoms with Gasteiger partial charge in [0, 0.05) is 44.2 Å². The first-order valence-corrected chi connectivity index (χ1v) is 11.3. The number of nitrogens with one attached hydrogen (secondary N) is 2. The Hall–Kier alpha value is -2.12. The molecule has 0 saturated carbocycles. The van der Waals surface area contributed by atoms with Crippen molar-refractivity contribution in [3.05, 3.63) is 45.9 Å². The molecule has 0 amide bonds. The minimum atomic E-state index is 0.717. The number of thiazole rings is 1. The quantitative estimate of drug-likeness (QED) is 0.410. The predicted octanol–water partition coefficient (Wildman–Crippen LogP) is 3.33. The van der Waals surface area contributed by atoms with E-state index < -0.39 is 0 Å². The molecule has 1 heterocycles. The van der Waals surface area contributed by atoms with Gasteiger partial charge in [-0.05, 0) is 37.2 Å². The van der Waals surface area contributed by atoms with Crippen molar-refractivity contribution in [2.75, 3.05) is 39.8 Å². The van der Waals surface area contributed by atoms with E-state index in [9.17, 15) is 0 Å². The molecule has 0 bridgehead atoms. The maximum Gasteiger partial charge on any atom is 0.191 e. The van der Waals surface area contributed by atoms with Crippen molar-refractivity contribution < 1.29 is 4.74 Å². The number of benzene rings is 1. The molecule has 0 aliphatic heterocycles. The number of hydrogen-bond donors (Lipinski definition) is 2. The fraction of sp³-hybridized carbons (Fsp3) is 0.545. The molecule has 7 heteroatoms. The molecule has 0 atom stereocenters. The van der Waals surface area contributed by atoms with Crippen molar-refractivity contribution in [3.8, 4) is 5.75 Å². The van der Waals surface area contributed by atoms with Crippen LogP contribution in [0.1, 0.15) is 36.2 Å². The largest absolute Gasteiger partial charge is 0.492 e. The van der Waals surface area contributed by atoms with Crippen LogP contribution in [0.4, 0.5) is 0 Å². The zero-order valence-corrected chi connectivity index (χ0v) is 19.0. The molecule has 29 heavy (non-hydrogen) atoms. The van der Waals surface area contributed by atoms with Gasteiger partial charge in [0.05, 0.1) is 5.01 Å². The van der Waals surface area contributed by atoms with Gasteiger partial charge in [0.1, 0.15) is 12.4 Å². The highest BCUT2D eigenvalue weighted by Gasteiger charge is 2.03. The Kier molecular flexibility index (Phi) is 10.5. The molecule has 0 fully saturated rings. The number of aromatic nitrogens is 1. The monoisotopic (exact) mass is 417 g/mol. The second kappa shape index (κ2) is 13.2. The summed E-state index contributed by atoms with van der Waals surface area (Å²) in [5.74, 6) is 1.72. The van der Waals surface area contributed by atoms with Crippen molar-refractivity contribution in [3.63, 3.8) is 0 Å². The first-order chi connectivity index (χ1) is 14.2. The molecule has 2 aromatic rings. The fourth-order valence-electron chi connectivity index (χ4n) is 2.86. The lowest BCUT2D eigenvalue weighted by atomic mass is 10.2. The topological polar surface area (TPSA) is 61.8 Å². The molecule has 0 spiro atoms. The number of aliphatic imine (C=N–C) groups is 1. The summed E-state index contributed by atoms with van der Waals surface area (Å²) in [6.45, 7) is 11.8. The molecule has 0 saturated heterocycles. The van der Waals surface area contributed by atoms with Gasteiger partial charge in [0.25, 0.3) is 0 Å². The number of ether oxygens (including phenoxy) is 1. The Labute approximate surface area is 179 Å². The number of aryl methyl sites for hydroxylation is 1. The van der Waals surface area contributed by atoms with Gasteiger partial charge >= 0.3 is 0 Å². The van der Waals surface area contributed by atoms with Crippen LogP contribution in [-0.2, 0) is 19.4 Å². The zero-order valence-electron chi connectivity index (χ0n) is 18.2. The minimum absolute atomic E-state index is 0.717. The SMILES string of the molecule is CCc1cnc(CCNC(=NC)NCc2ccc(OCCN(CC)CC)cc2)s1. The molecule has 0 aliphatic carbocycles. The molecule has 1 aromatic carbocycles. The van der Waals surface area contributed by atoms with Crippen LogP contribution in [0.2, 0.25) is 0 Å². The summed E-state index contributed by atoms with van der Waals surface area (Å²) in [5, 5.41) is 7.88. The third-order valence-electron chi connectivity index (χ3n) is 4.76. The summed E-state index contributed by atoms with van der Waals surface area (Å²) in [6, 6.07) is 8.25. The highest BCUT2D eigenvalue weighted by atomic mass is 32.1. The number of nitrogens with zero attached hydrogens (tertiary/aromatic N) is 3. The molecular formula is C22H35N5OS. The lowest BCUT2D eigenvalue weighted by molar-refractivity contribution is 0.223. The molecule has 1 aromatic heterocycles. The molecule has 2 rings (SSSR count). The van der Waals surface area contributed by atoms with Crippen LogP contribution >= 0.6 is 11.3 Å². The first kappa shape index (κ1) is 23.2. The Morgan fingerprint density at radius 3 is 2.52 bits per heavy atom. The Bertz CT molecular complexity index is 725. The van der Waals surface area contributed by atoms with Gasteiger partial charge < -0.3 is 20.3 Å². The van der Waals surface area contributed by atoms with Gasteiger partial charge in [-0.3, -0.25) is 4.99 Å². The van der Waals surface area contributed by atoms with Crippen LogP contribution in [0.3, 0.4) is 0 Å². The Morgan fingerprint density at radius 1 is 1.14 bits per heavy atom. The lowest BCUT2D eigenvalue weighted by Gasteiger charge is -2.18. The number of guanidine groups is 1. The maximum absolute atomic E-state index is 5.84. The smallest absolute Gasteiger partial charge is 0.191 e. The van der Waals surface area contributed by atoms with Crippen LogP contribution in [0.15, 0.2) is 35.5 Å². The van der Waals surface area contributed by atoms with E-state index in [0.29, 0.717) is 6.61 Å². The highest BCUT2D eigenvalue weighted by Crippen LogP contribution is 2.13. The van der Waals surface area contributed by atoms with Crippen LogP contribution in [0.25, 0.3) is 0 Å². The van der Waals surface area contributed by atoms with E-state index >= 15 is 0 Å². The number of rotatable bonds is 12. The van der Waals surface area contributed by atoms with Crippen molar-refractivity contribution in [2.24, 2.45) is 4.99 Å². The van der Waals surface area contributed by atoms with E-state index in [1.807, 2.05) is 18.3 Å². The zero-order chi connectivity index (χ0) is 20.9. The van der Waals surface area contributed by atoms with Crippen molar-refractivity contribution in [1.29, 1.82) is 0 Å². The molecule has 6 nitrogen and oxygen atoms in total. The van der Waals surface area contributed by atoms with Crippen LogP contribution in [0.5, 0.6) is 5.75 Å². The summed E-state index contributed by atoms with van der Waals surface area (Å²) in [4.78, 5) is 12.4. The summed E-state index contributed by atoms with van der Waals surface area (Å²) < 4.78 is 5.84. The average molecular weight is 418 g/mol. The van der Waals surface area contributed by atoms with E-state index in [4.69, 9.17) is 4.74 Å². The van der Waals surface area contributed by atoms with Crippen LogP contribution in [0, 0.1) is 0 Å². The second-order valence-electron chi connectivity index (χ2n) is 6.70. The molecule has 0 radical (unpaired) electrons. The highest BCUT2D eigenvalue weighted by molar-refractivity contribution is 7.11. The van der Waals surface area contributed by atoms with Gasteiger partial charge in [-0.25, -0.2) is 4.98 Å². The normalized spacial score (nSPS) is 11.7. The molecule has 160 valence electrons. The van der Waals surface area contributed by atoms with E-state index in [1.54, 1.807) is 18.4 Å². The standard InChI is InChI=1S/C22H35N5OS/c1-5-20-17-25-21(29-20)12-13-24-22(23-4)26-16-18-8-10-19(11-9-18)28-15-14-27(6-2)7-3/h8-11,17H,5-7,12-16H2,1-4H3,(H2,23,24,26). The predicted molar refractivity (Wildman–Crippen MR) is 123 cm³/mol. The average Bonchev–Trinajstić information content (AvgIpc) is 3.22. The summed E-state index contributed by atoms with van der Waals surface area (Å²) in [5.41, 5.74) is 1.19. The molecular weight excluding hydrogens is 382 g/mol. The summed E-state index contributed by atoms with van der Waals surface area (Å²) in [7, 11) is 1.79. The third-order valence-corrected chi connectivity index (χ3v) is 5.96. The summed E-state index contributed by atoms with van der Waals surface area (Å²) >= 11 is 1.79. The maximum atomic E-state index is 5.84. The Balaban J connectivity index is 1.69. The first-order valence-electron chi connectivity index (χ1n) is 10.5. The van der Waals surface area contributed by atoms with Crippen molar-refractivity contribution in [1.82, 2.24) is 20.5 Å². The number of hydrogen-bond acceptors (Lipinski definition) is 5. The van der Waals surface area contributed by atoms with Gasteiger partial charge in [0.15, 0.2) is 5.96 Å². The summed E-state index contributed by atoms with van der Waals surface area (Å²) in [6.07, 6.45) is 3.93. The van der Waals surface area contributed by atoms with Gasteiger partial charge in [-0.15, -0.1) is 11.3 Å². The van der Waals surface area contributed by atoms with Gasteiger partial charge in [0.2, 0.25) is 0 Å². The van der Waals surface area contributed by atoms with E-state index in [1.165, 1.54) is 15.4 Å². The second-order valence-corrected chi connectivity index (χ2v) is 7.90. The lowest BCUT2D eigenvalue weighted by Crippen LogP contribution is -2.37. The molecule has 0 unspecified atom stereocenters. The van der Waals surface area contributed by atoms with E-state index in [-0.39, 0.29) is 0 Å². The third kappa shape index (κ3) is 8.41.